The lowest BCUT2D eigenvalue weighted by atomic mass is 10.0. The monoisotopic (exact) mass is 720 g/mol. The number of anilines is 2. The number of carboxylic acids is 2. The molecule has 0 aliphatic heterocycles. The van der Waals surface area contributed by atoms with Crippen molar-refractivity contribution in [3.8, 4) is 11.5 Å². The molecule has 0 saturated carbocycles. The normalized spacial score (nSPS) is 11.2. The van der Waals surface area contributed by atoms with E-state index in [1.807, 2.05) is 12.1 Å². The van der Waals surface area contributed by atoms with Gasteiger partial charge in [0.25, 0.3) is 10.0 Å². The maximum absolute atomic E-state index is 14.0. The molecular formula is C29H26Br2N2O8S. The van der Waals surface area contributed by atoms with Gasteiger partial charge in [-0.3, -0.25) is 13.9 Å². The van der Waals surface area contributed by atoms with Gasteiger partial charge < -0.3 is 24.6 Å². The summed E-state index contributed by atoms with van der Waals surface area (Å²) >= 11 is 6.71. The summed E-state index contributed by atoms with van der Waals surface area (Å²) < 4.78 is 40.9. The summed E-state index contributed by atoms with van der Waals surface area (Å²) in [7, 11) is -1.59. The lowest BCUT2D eigenvalue weighted by molar-refractivity contribution is -0.136. The van der Waals surface area contributed by atoms with Gasteiger partial charge in [0, 0.05) is 37.5 Å². The lowest BCUT2D eigenvalue weighted by Crippen LogP contribution is -2.36. The summed E-state index contributed by atoms with van der Waals surface area (Å²) in [6.07, 6.45) is 0. The molecule has 0 saturated heterocycles. The number of hydrogen-bond acceptors (Lipinski definition) is 7. The Balaban J connectivity index is 1.90. The van der Waals surface area contributed by atoms with Gasteiger partial charge in [-0.1, -0.05) is 62.2 Å². The first-order valence-electron chi connectivity index (χ1n) is 12.3. The zero-order chi connectivity index (χ0) is 30.6. The zero-order valence-electron chi connectivity index (χ0n) is 22.5. The Labute approximate surface area is 259 Å². The molecule has 0 atom stereocenters. The first-order chi connectivity index (χ1) is 20.0. The summed E-state index contributed by atoms with van der Waals surface area (Å²) in [5.74, 6) is -1.84. The van der Waals surface area contributed by atoms with E-state index in [4.69, 9.17) is 9.47 Å². The van der Waals surface area contributed by atoms with Gasteiger partial charge in [-0.2, -0.15) is 0 Å². The molecular weight excluding hydrogens is 696 g/mol. The molecule has 0 aliphatic rings. The Kier molecular flexibility index (Phi) is 9.64. The van der Waals surface area contributed by atoms with Gasteiger partial charge in [0.1, 0.15) is 29.5 Å². The first kappa shape index (κ1) is 31.1. The number of carbonyl (C=O) groups is 2. The number of fused-ring (bicyclic) bond motifs is 1. The first-order valence-corrected chi connectivity index (χ1v) is 15.4. The fraction of sp³-hybridized carbons (Fsp3) is 0.172. The van der Waals surface area contributed by atoms with Crippen molar-refractivity contribution in [3.05, 3.63) is 87.3 Å². The van der Waals surface area contributed by atoms with Crippen molar-refractivity contribution in [1.82, 2.24) is 0 Å². The molecule has 4 aromatic rings. The van der Waals surface area contributed by atoms with E-state index in [1.54, 1.807) is 41.3 Å². The number of sulfonamides is 1. The van der Waals surface area contributed by atoms with Crippen LogP contribution in [0.5, 0.6) is 11.5 Å². The van der Waals surface area contributed by atoms with Crippen LogP contribution in [0.15, 0.2) is 86.6 Å². The molecule has 10 nitrogen and oxygen atoms in total. The van der Waals surface area contributed by atoms with E-state index in [0.29, 0.717) is 26.7 Å². The standard InChI is InChI=1S/C29H26Br2N2O8S/c1-40-25-13-19(30)8-7-18(25)15-32(16-28(34)35)23-10-11-24(22-6-4-3-5-21(22)23)33(17-29(36)37)42(38,39)27-12-9-20(31)14-26(27)41-2/h3-14H,15-17H2,1-2H3,(H,34,35)(H,36,37). The number of halogens is 2. The number of nitrogens with zero attached hydrogens (tertiary/aromatic N) is 2. The summed E-state index contributed by atoms with van der Waals surface area (Å²) in [6, 6.07) is 19.7. The molecule has 0 aliphatic carbocycles. The number of hydrogen-bond donors (Lipinski definition) is 2. The van der Waals surface area contributed by atoms with Crippen molar-refractivity contribution in [2.75, 3.05) is 36.5 Å². The minimum atomic E-state index is -4.44. The number of benzene rings is 4. The number of aliphatic carboxylic acids is 2. The zero-order valence-corrected chi connectivity index (χ0v) is 26.4. The number of ether oxygens (including phenoxy) is 2. The van der Waals surface area contributed by atoms with Crippen LogP contribution >= 0.6 is 31.9 Å². The van der Waals surface area contributed by atoms with Crippen molar-refractivity contribution in [3.63, 3.8) is 0 Å². The van der Waals surface area contributed by atoms with Crippen LogP contribution in [0.4, 0.5) is 11.4 Å². The average Bonchev–Trinajstić information content (AvgIpc) is 2.95. The molecule has 0 amide bonds. The van der Waals surface area contributed by atoms with Gasteiger partial charge >= 0.3 is 11.9 Å². The number of carboxylic acid groups (broad SMARTS) is 2. The van der Waals surface area contributed by atoms with E-state index in [-0.39, 0.29) is 29.4 Å². The van der Waals surface area contributed by atoms with E-state index in [2.05, 4.69) is 31.9 Å². The SMILES string of the molecule is COc1cc(Br)ccc1CN(CC(=O)O)c1ccc(N(CC(=O)O)S(=O)(=O)c2ccc(Br)cc2OC)c2ccccc12. The fourth-order valence-corrected chi connectivity index (χ4v) is 6.85. The molecule has 42 heavy (non-hydrogen) atoms. The van der Waals surface area contributed by atoms with Crippen LogP contribution in [0.2, 0.25) is 0 Å². The summed E-state index contributed by atoms with van der Waals surface area (Å²) in [6.45, 7) is -1.06. The van der Waals surface area contributed by atoms with Crippen LogP contribution in [-0.4, -0.2) is 57.9 Å². The van der Waals surface area contributed by atoms with E-state index in [0.717, 1.165) is 14.3 Å². The second-order valence-corrected chi connectivity index (χ2v) is 12.7. The van der Waals surface area contributed by atoms with E-state index in [9.17, 15) is 28.2 Å². The second kappa shape index (κ2) is 13.0. The van der Waals surface area contributed by atoms with Gasteiger partial charge in [0.2, 0.25) is 0 Å². The maximum atomic E-state index is 14.0. The van der Waals surface area contributed by atoms with E-state index in [1.165, 1.54) is 38.5 Å². The molecule has 4 rings (SSSR count). The third-order valence-electron chi connectivity index (χ3n) is 6.40. The second-order valence-electron chi connectivity index (χ2n) is 9.06. The molecule has 0 bridgehead atoms. The Hall–Kier alpha value is -3.81. The van der Waals surface area contributed by atoms with Crippen molar-refractivity contribution >= 4 is 76.0 Å². The Morgan fingerprint density at radius 1 is 0.762 bits per heavy atom. The minimum absolute atomic E-state index is 0.0387. The van der Waals surface area contributed by atoms with Crippen molar-refractivity contribution in [2.24, 2.45) is 0 Å². The fourth-order valence-electron chi connectivity index (χ4n) is 4.60. The van der Waals surface area contributed by atoms with Crippen LogP contribution < -0.4 is 18.7 Å². The van der Waals surface area contributed by atoms with Gasteiger partial charge in [-0.25, -0.2) is 8.42 Å². The Morgan fingerprint density at radius 2 is 1.31 bits per heavy atom. The summed E-state index contributed by atoms with van der Waals surface area (Å²) in [4.78, 5) is 25.3. The minimum Gasteiger partial charge on any atom is -0.496 e. The quantitative estimate of drug-likeness (QED) is 0.188. The summed E-state index contributed by atoms with van der Waals surface area (Å²) in [5, 5.41) is 20.4. The topological polar surface area (TPSA) is 134 Å². The van der Waals surface area contributed by atoms with Crippen molar-refractivity contribution < 1.29 is 37.7 Å². The lowest BCUT2D eigenvalue weighted by Gasteiger charge is -2.29. The molecule has 4 aromatic carbocycles. The molecule has 13 heteroatoms. The highest BCUT2D eigenvalue weighted by Crippen LogP contribution is 2.39. The molecule has 0 heterocycles. The smallest absolute Gasteiger partial charge is 0.324 e. The third-order valence-corrected chi connectivity index (χ3v) is 9.18. The van der Waals surface area contributed by atoms with E-state index < -0.39 is 28.5 Å². The van der Waals surface area contributed by atoms with Crippen LogP contribution in [0.1, 0.15) is 5.56 Å². The summed E-state index contributed by atoms with van der Waals surface area (Å²) in [5.41, 5.74) is 1.35. The highest BCUT2D eigenvalue weighted by atomic mass is 79.9. The van der Waals surface area contributed by atoms with Gasteiger partial charge in [-0.05, 0) is 42.5 Å². The number of rotatable bonds is 12. The molecule has 0 aromatic heterocycles. The van der Waals surface area contributed by atoms with E-state index >= 15 is 0 Å². The van der Waals surface area contributed by atoms with Gasteiger partial charge in [-0.15, -0.1) is 0 Å². The highest BCUT2D eigenvalue weighted by Gasteiger charge is 2.32. The predicted octanol–water partition coefficient (Wildman–Crippen LogP) is 5.75. The molecule has 0 spiro atoms. The number of methoxy groups -OCH3 is 2. The van der Waals surface area contributed by atoms with Gasteiger partial charge in [0.15, 0.2) is 0 Å². The molecule has 0 radical (unpaired) electrons. The van der Waals surface area contributed by atoms with Crippen LogP contribution in [0.25, 0.3) is 10.8 Å². The highest BCUT2D eigenvalue weighted by molar-refractivity contribution is 9.10. The molecule has 220 valence electrons. The molecule has 0 unspecified atom stereocenters. The van der Waals surface area contributed by atoms with Crippen LogP contribution in [-0.2, 0) is 26.2 Å². The molecule has 0 fully saturated rings. The Bertz CT molecular complexity index is 1760. The Morgan fingerprint density at radius 3 is 1.90 bits per heavy atom. The molecule has 2 N–H and O–H groups in total. The van der Waals surface area contributed by atoms with Crippen LogP contribution in [0.3, 0.4) is 0 Å². The van der Waals surface area contributed by atoms with Crippen LogP contribution in [0, 0.1) is 0 Å². The van der Waals surface area contributed by atoms with Crippen molar-refractivity contribution in [2.45, 2.75) is 11.4 Å². The third kappa shape index (κ3) is 6.63. The average molecular weight is 722 g/mol. The maximum Gasteiger partial charge on any atom is 0.324 e. The van der Waals surface area contributed by atoms with Gasteiger partial charge in [0.05, 0.1) is 19.9 Å². The largest absolute Gasteiger partial charge is 0.496 e. The predicted molar refractivity (Wildman–Crippen MR) is 166 cm³/mol. The van der Waals surface area contributed by atoms with Crippen molar-refractivity contribution in [1.29, 1.82) is 0 Å².